The summed E-state index contributed by atoms with van der Waals surface area (Å²) in [5.41, 5.74) is 2.52. The smallest absolute Gasteiger partial charge is 0.242 e. The van der Waals surface area contributed by atoms with E-state index in [-0.39, 0.29) is 42.7 Å². The van der Waals surface area contributed by atoms with E-state index in [2.05, 4.69) is 44.8 Å². The van der Waals surface area contributed by atoms with Gasteiger partial charge in [-0.15, -0.1) is 10.2 Å². The van der Waals surface area contributed by atoms with Crippen molar-refractivity contribution < 1.29 is 19.4 Å². The number of nitrogens with one attached hydrogen (secondary N) is 1. The van der Waals surface area contributed by atoms with Gasteiger partial charge in [0.2, 0.25) is 11.5 Å². The number of benzene rings is 1. The molecule has 0 aliphatic carbocycles. The molecule has 2 N–H and O–H groups in total. The van der Waals surface area contributed by atoms with Crippen LogP contribution in [0.3, 0.4) is 0 Å². The first kappa shape index (κ1) is 25.4. The lowest BCUT2D eigenvalue weighted by Gasteiger charge is -2.21. The SMILES string of the molecule is CCC(CC)Oc1cc(C)c2nn(CC(=O)c3cc(OCCO)cc(C(C)(C)C)c3)c(=N)n2n1. The van der Waals surface area contributed by atoms with Gasteiger partial charge in [0, 0.05) is 17.2 Å². The zero-order valence-electron chi connectivity index (χ0n) is 20.9. The van der Waals surface area contributed by atoms with Crippen molar-refractivity contribution in [1.82, 2.24) is 19.4 Å². The van der Waals surface area contributed by atoms with Gasteiger partial charge in [0.05, 0.1) is 12.7 Å². The summed E-state index contributed by atoms with van der Waals surface area (Å²) in [6.45, 7) is 12.1. The van der Waals surface area contributed by atoms with E-state index < -0.39 is 0 Å². The Balaban J connectivity index is 1.94. The van der Waals surface area contributed by atoms with E-state index in [1.54, 1.807) is 6.07 Å². The van der Waals surface area contributed by atoms with Crippen molar-refractivity contribution in [3.63, 3.8) is 0 Å². The summed E-state index contributed by atoms with van der Waals surface area (Å²) in [7, 11) is 0. The predicted octanol–water partition coefficient (Wildman–Crippen LogP) is 3.44. The van der Waals surface area contributed by atoms with Crippen molar-refractivity contribution in [3.05, 3.63) is 46.6 Å². The first-order valence-corrected chi connectivity index (χ1v) is 11.7. The number of aromatic nitrogens is 4. The number of carbonyl (C=O) groups is 1. The van der Waals surface area contributed by atoms with Crippen molar-refractivity contribution in [2.45, 2.75) is 72.4 Å². The predicted molar refractivity (Wildman–Crippen MR) is 129 cm³/mol. The van der Waals surface area contributed by atoms with Crippen LogP contribution in [0, 0.1) is 12.3 Å². The van der Waals surface area contributed by atoms with Crippen molar-refractivity contribution in [2.24, 2.45) is 0 Å². The lowest BCUT2D eigenvalue weighted by molar-refractivity contribution is 0.0965. The van der Waals surface area contributed by atoms with Gasteiger partial charge in [0.25, 0.3) is 0 Å². The van der Waals surface area contributed by atoms with Crippen LogP contribution in [-0.2, 0) is 12.0 Å². The maximum Gasteiger partial charge on any atom is 0.242 e. The van der Waals surface area contributed by atoms with Crippen LogP contribution in [0.25, 0.3) is 5.65 Å². The van der Waals surface area contributed by atoms with Crippen molar-refractivity contribution >= 4 is 11.4 Å². The zero-order chi connectivity index (χ0) is 25.0. The summed E-state index contributed by atoms with van der Waals surface area (Å²) in [5, 5.41) is 26.6. The Morgan fingerprint density at radius 1 is 1.15 bits per heavy atom. The molecule has 0 spiro atoms. The molecule has 0 radical (unpaired) electrons. The molecule has 0 bridgehead atoms. The molecule has 0 fully saturated rings. The molecule has 3 aromatic rings. The first-order valence-electron chi connectivity index (χ1n) is 11.7. The molecule has 0 atom stereocenters. The third-order valence-electron chi connectivity index (χ3n) is 5.70. The van der Waals surface area contributed by atoms with Gasteiger partial charge >= 0.3 is 0 Å². The van der Waals surface area contributed by atoms with Gasteiger partial charge in [-0.3, -0.25) is 10.2 Å². The standard InChI is InChI=1S/C25H35N5O4/c1-7-19(8-2)34-22-11-16(3)23-28-29(24(26)30(23)27-22)15-21(32)17-12-18(25(4,5)6)14-20(13-17)33-10-9-31/h11-14,19,26,31H,7-10,15H2,1-6H3. The van der Waals surface area contributed by atoms with E-state index in [0.717, 1.165) is 24.0 Å². The molecular formula is C25H35N5O4. The fraction of sp³-hybridized carbons (Fsp3) is 0.520. The fourth-order valence-electron chi connectivity index (χ4n) is 3.59. The highest BCUT2D eigenvalue weighted by Gasteiger charge is 2.20. The molecule has 9 heteroatoms. The van der Waals surface area contributed by atoms with Crippen molar-refractivity contribution in [2.75, 3.05) is 13.2 Å². The molecule has 1 aromatic carbocycles. The molecule has 2 heterocycles. The van der Waals surface area contributed by atoms with Crippen molar-refractivity contribution in [1.29, 1.82) is 5.41 Å². The monoisotopic (exact) mass is 469 g/mol. The second-order valence-corrected chi connectivity index (χ2v) is 9.43. The lowest BCUT2D eigenvalue weighted by Crippen LogP contribution is -2.27. The number of aliphatic hydroxyl groups excluding tert-OH is 1. The molecule has 34 heavy (non-hydrogen) atoms. The third-order valence-corrected chi connectivity index (χ3v) is 5.70. The van der Waals surface area contributed by atoms with Gasteiger partial charge in [-0.25, -0.2) is 4.68 Å². The van der Waals surface area contributed by atoms with Gasteiger partial charge in [0.15, 0.2) is 11.4 Å². The van der Waals surface area contributed by atoms with E-state index in [0.29, 0.717) is 22.8 Å². The van der Waals surface area contributed by atoms with E-state index >= 15 is 0 Å². The van der Waals surface area contributed by atoms with Gasteiger partial charge in [-0.05, 0) is 48.9 Å². The summed E-state index contributed by atoms with van der Waals surface area (Å²) >= 11 is 0. The quantitative estimate of drug-likeness (QED) is 0.440. The number of carbonyl (C=O) groups excluding carboxylic acids is 1. The van der Waals surface area contributed by atoms with Crippen LogP contribution in [-0.4, -0.2) is 49.6 Å². The molecule has 0 aliphatic rings. The van der Waals surface area contributed by atoms with Crippen LogP contribution in [0.1, 0.15) is 68.9 Å². The Kier molecular flexibility index (Phi) is 7.76. The Labute approximate surface area is 199 Å². The average molecular weight is 470 g/mol. The number of nitrogens with zero attached hydrogens (tertiary/aromatic N) is 4. The zero-order valence-corrected chi connectivity index (χ0v) is 20.9. The average Bonchev–Trinajstić information content (AvgIpc) is 3.11. The van der Waals surface area contributed by atoms with Crippen LogP contribution in [0.15, 0.2) is 24.3 Å². The summed E-state index contributed by atoms with van der Waals surface area (Å²) in [5.74, 6) is 0.760. The minimum Gasteiger partial charge on any atom is -0.491 e. The second-order valence-electron chi connectivity index (χ2n) is 9.43. The topological polar surface area (TPSA) is 115 Å². The Morgan fingerprint density at radius 3 is 2.47 bits per heavy atom. The maximum atomic E-state index is 13.2. The summed E-state index contributed by atoms with van der Waals surface area (Å²) in [6.07, 6.45) is 1.77. The van der Waals surface area contributed by atoms with Crippen LogP contribution < -0.4 is 15.1 Å². The minimum atomic E-state index is -0.201. The van der Waals surface area contributed by atoms with Crippen molar-refractivity contribution in [3.8, 4) is 11.6 Å². The van der Waals surface area contributed by atoms with Gasteiger partial charge < -0.3 is 14.6 Å². The van der Waals surface area contributed by atoms with E-state index in [1.165, 1.54) is 9.20 Å². The largest absolute Gasteiger partial charge is 0.491 e. The Bertz CT molecular complexity index is 1220. The highest BCUT2D eigenvalue weighted by atomic mass is 16.5. The highest BCUT2D eigenvalue weighted by Crippen LogP contribution is 2.28. The van der Waals surface area contributed by atoms with Gasteiger partial charge in [-0.2, -0.15) is 4.52 Å². The van der Waals surface area contributed by atoms with E-state index in [1.807, 2.05) is 25.1 Å². The minimum absolute atomic E-state index is 0.00910. The number of fused-ring (bicyclic) bond motifs is 1. The molecule has 9 nitrogen and oxygen atoms in total. The summed E-state index contributed by atoms with van der Waals surface area (Å²) in [4.78, 5) is 13.2. The Morgan fingerprint density at radius 2 is 1.85 bits per heavy atom. The van der Waals surface area contributed by atoms with Crippen LogP contribution in [0.4, 0.5) is 0 Å². The molecule has 0 saturated heterocycles. The molecule has 0 amide bonds. The molecule has 2 aromatic heterocycles. The first-order chi connectivity index (χ1) is 16.1. The number of aliphatic hydroxyl groups is 1. The summed E-state index contributed by atoms with van der Waals surface area (Å²) < 4.78 is 14.3. The van der Waals surface area contributed by atoms with E-state index in [4.69, 9.17) is 20.0 Å². The molecule has 0 unspecified atom stereocenters. The van der Waals surface area contributed by atoms with Gasteiger partial charge in [0.1, 0.15) is 18.9 Å². The molecule has 0 aliphatic heterocycles. The number of Topliss-reactive ketones (excluding diaryl/α,β-unsaturated/α-hetero) is 1. The van der Waals surface area contributed by atoms with Crippen LogP contribution in [0.2, 0.25) is 0 Å². The summed E-state index contributed by atoms with van der Waals surface area (Å²) in [6, 6.07) is 7.20. The Hall–Kier alpha value is -3.20. The number of hydrogen-bond donors (Lipinski definition) is 2. The highest BCUT2D eigenvalue weighted by molar-refractivity contribution is 5.96. The van der Waals surface area contributed by atoms with Crippen LogP contribution >= 0.6 is 0 Å². The number of hydrogen-bond acceptors (Lipinski definition) is 7. The number of ketones is 1. The second kappa shape index (κ2) is 10.4. The normalized spacial score (nSPS) is 11.9. The third kappa shape index (κ3) is 5.64. The molecule has 0 saturated carbocycles. The van der Waals surface area contributed by atoms with Crippen LogP contribution in [0.5, 0.6) is 11.6 Å². The molecular weight excluding hydrogens is 434 g/mol. The van der Waals surface area contributed by atoms with E-state index in [9.17, 15) is 4.79 Å². The molecule has 184 valence electrons. The maximum absolute atomic E-state index is 13.2. The molecule has 3 rings (SSSR count). The lowest BCUT2D eigenvalue weighted by atomic mass is 9.85. The fourth-order valence-corrected chi connectivity index (χ4v) is 3.59. The van der Waals surface area contributed by atoms with Gasteiger partial charge in [-0.1, -0.05) is 34.6 Å². The number of aryl methyl sites for hydroxylation is 1. The number of rotatable bonds is 10. The number of ether oxygens (including phenoxy) is 2.